The van der Waals surface area contributed by atoms with Crippen LogP contribution in [0.4, 0.5) is 4.39 Å². The van der Waals surface area contributed by atoms with Gasteiger partial charge in [0.2, 0.25) is 0 Å². The van der Waals surface area contributed by atoms with E-state index < -0.39 is 6.04 Å². The molecule has 1 unspecified atom stereocenters. The lowest BCUT2D eigenvalue weighted by Crippen LogP contribution is -2.18. The van der Waals surface area contributed by atoms with Crippen molar-refractivity contribution in [2.45, 2.75) is 19.5 Å². The quantitative estimate of drug-likeness (QED) is 0.947. The molecule has 0 fully saturated rings. The van der Waals surface area contributed by atoms with Crippen molar-refractivity contribution in [1.82, 2.24) is 9.55 Å². The first-order valence-electron chi connectivity index (χ1n) is 5.35. The summed E-state index contributed by atoms with van der Waals surface area (Å²) >= 11 is 3.31. The van der Waals surface area contributed by atoms with Crippen LogP contribution in [0.1, 0.15) is 24.4 Å². The monoisotopic (exact) mass is 297 g/mol. The van der Waals surface area contributed by atoms with Crippen LogP contribution in [0.25, 0.3) is 0 Å². The van der Waals surface area contributed by atoms with Gasteiger partial charge in [-0.2, -0.15) is 0 Å². The maximum absolute atomic E-state index is 13.7. The van der Waals surface area contributed by atoms with Gasteiger partial charge < -0.3 is 10.3 Å². The average molecular weight is 298 g/mol. The predicted molar refractivity (Wildman–Crippen MR) is 68.0 cm³/mol. The summed E-state index contributed by atoms with van der Waals surface area (Å²) in [4.78, 5) is 4.19. The van der Waals surface area contributed by atoms with Crippen molar-refractivity contribution in [3.63, 3.8) is 0 Å². The van der Waals surface area contributed by atoms with E-state index >= 15 is 0 Å². The average Bonchev–Trinajstić information content (AvgIpc) is 2.79. The number of hydrogen-bond acceptors (Lipinski definition) is 2. The van der Waals surface area contributed by atoms with E-state index in [-0.39, 0.29) is 5.82 Å². The van der Waals surface area contributed by atoms with Gasteiger partial charge in [0.25, 0.3) is 0 Å². The summed E-state index contributed by atoms with van der Waals surface area (Å²) in [7, 11) is 0. The van der Waals surface area contributed by atoms with Gasteiger partial charge in [-0.1, -0.05) is 15.9 Å². The second kappa shape index (κ2) is 4.98. The Bertz CT molecular complexity index is 524. The standard InChI is InChI=1S/C12H13BrFN3/c1-2-17-6-5-16-12(17)11(15)9-7-8(13)3-4-10(9)14/h3-7,11H,2,15H2,1H3. The van der Waals surface area contributed by atoms with Gasteiger partial charge in [0.1, 0.15) is 11.6 Å². The van der Waals surface area contributed by atoms with E-state index in [1.54, 1.807) is 18.3 Å². The van der Waals surface area contributed by atoms with Gasteiger partial charge in [0, 0.05) is 29.0 Å². The molecule has 2 aromatic rings. The zero-order valence-electron chi connectivity index (χ0n) is 9.40. The van der Waals surface area contributed by atoms with E-state index in [0.717, 1.165) is 11.0 Å². The highest BCUT2D eigenvalue weighted by Gasteiger charge is 2.18. The second-order valence-corrected chi connectivity index (χ2v) is 4.63. The molecule has 0 amide bonds. The van der Waals surface area contributed by atoms with Crippen LogP contribution >= 0.6 is 15.9 Å². The predicted octanol–water partition coefficient (Wildman–Crippen LogP) is 2.85. The van der Waals surface area contributed by atoms with Crippen molar-refractivity contribution < 1.29 is 4.39 Å². The van der Waals surface area contributed by atoms with Crippen LogP contribution in [0.3, 0.4) is 0 Å². The van der Waals surface area contributed by atoms with Gasteiger partial charge in [-0.25, -0.2) is 9.37 Å². The van der Waals surface area contributed by atoms with E-state index in [0.29, 0.717) is 11.4 Å². The Labute approximate surface area is 108 Å². The molecule has 1 atom stereocenters. The number of nitrogens with two attached hydrogens (primary N) is 1. The number of hydrogen-bond donors (Lipinski definition) is 1. The van der Waals surface area contributed by atoms with Crippen LogP contribution in [0.5, 0.6) is 0 Å². The summed E-state index contributed by atoms with van der Waals surface area (Å²) in [5, 5.41) is 0. The first kappa shape index (κ1) is 12.3. The first-order valence-corrected chi connectivity index (χ1v) is 6.14. The van der Waals surface area contributed by atoms with Gasteiger partial charge in [0.05, 0.1) is 6.04 Å². The SMILES string of the molecule is CCn1ccnc1C(N)c1cc(Br)ccc1F. The third-order valence-electron chi connectivity index (χ3n) is 2.66. The van der Waals surface area contributed by atoms with E-state index in [1.165, 1.54) is 6.07 Å². The highest BCUT2D eigenvalue weighted by atomic mass is 79.9. The van der Waals surface area contributed by atoms with Crippen molar-refractivity contribution in [3.8, 4) is 0 Å². The Balaban J connectivity index is 2.43. The molecule has 0 saturated heterocycles. The molecule has 2 rings (SSSR count). The molecule has 90 valence electrons. The lowest BCUT2D eigenvalue weighted by Gasteiger charge is -2.14. The Morgan fingerprint density at radius 2 is 2.29 bits per heavy atom. The van der Waals surface area contributed by atoms with Gasteiger partial charge in [0.15, 0.2) is 0 Å². The van der Waals surface area contributed by atoms with Gasteiger partial charge in [-0.15, -0.1) is 0 Å². The van der Waals surface area contributed by atoms with E-state index in [1.807, 2.05) is 17.7 Å². The molecule has 1 aromatic heterocycles. The number of imidazole rings is 1. The Morgan fingerprint density at radius 1 is 1.53 bits per heavy atom. The molecule has 0 aliphatic heterocycles. The fourth-order valence-electron chi connectivity index (χ4n) is 1.76. The lowest BCUT2D eigenvalue weighted by atomic mass is 10.1. The molecule has 17 heavy (non-hydrogen) atoms. The van der Waals surface area contributed by atoms with E-state index in [2.05, 4.69) is 20.9 Å². The highest BCUT2D eigenvalue weighted by Crippen LogP contribution is 2.24. The first-order chi connectivity index (χ1) is 8.13. The van der Waals surface area contributed by atoms with Crippen molar-refractivity contribution in [1.29, 1.82) is 0 Å². The molecule has 0 saturated carbocycles. The number of nitrogens with zero attached hydrogens (tertiary/aromatic N) is 2. The third-order valence-corrected chi connectivity index (χ3v) is 3.15. The molecular weight excluding hydrogens is 285 g/mol. The summed E-state index contributed by atoms with van der Waals surface area (Å²) in [6.07, 6.45) is 3.51. The zero-order valence-corrected chi connectivity index (χ0v) is 11.0. The van der Waals surface area contributed by atoms with Gasteiger partial charge >= 0.3 is 0 Å². The summed E-state index contributed by atoms with van der Waals surface area (Å²) in [5.41, 5.74) is 6.51. The maximum Gasteiger partial charge on any atom is 0.130 e. The Kier molecular flexibility index (Phi) is 3.59. The van der Waals surface area contributed by atoms with Gasteiger partial charge in [-0.05, 0) is 25.1 Å². The minimum atomic E-state index is -0.553. The molecule has 0 spiro atoms. The number of aryl methyl sites for hydroxylation is 1. The zero-order chi connectivity index (χ0) is 12.4. The molecule has 1 aromatic carbocycles. The summed E-state index contributed by atoms with van der Waals surface area (Å²) in [6.45, 7) is 2.76. The molecule has 5 heteroatoms. The molecule has 3 nitrogen and oxygen atoms in total. The van der Waals surface area contributed by atoms with Crippen molar-refractivity contribution in [3.05, 3.63) is 52.3 Å². The van der Waals surface area contributed by atoms with E-state index in [9.17, 15) is 4.39 Å². The normalized spacial score (nSPS) is 12.7. The van der Waals surface area contributed by atoms with Crippen LogP contribution < -0.4 is 5.73 Å². The lowest BCUT2D eigenvalue weighted by molar-refractivity contribution is 0.580. The van der Waals surface area contributed by atoms with Crippen molar-refractivity contribution >= 4 is 15.9 Å². The largest absolute Gasteiger partial charge is 0.334 e. The summed E-state index contributed by atoms with van der Waals surface area (Å²) in [6, 6.07) is 4.19. The maximum atomic E-state index is 13.7. The molecule has 2 N–H and O–H groups in total. The molecule has 0 aliphatic rings. The van der Waals surface area contributed by atoms with Crippen LogP contribution in [-0.4, -0.2) is 9.55 Å². The minimum Gasteiger partial charge on any atom is -0.334 e. The summed E-state index contributed by atoms with van der Waals surface area (Å²) in [5.74, 6) is 0.357. The smallest absolute Gasteiger partial charge is 0.130 e. The number of halogens is 2. The molecule has 0 bridgehead atoms. The molecular formula is C12H13BrFN3. The second-order valence-electron chi connectivity index (χ2n) is 3.71. The fourth-order valence-corrected chi connectivity index (χ4v) is 2.14. The van der Waals surface area contributed by atoms with Crippen LogP contribution in [0, 0.1) is 5.82 Å². The highest BCUT2D eigenvalue weighted by molar-refractivity contribution is 9.10. The summed E-state index contributed by atoms with van der Waals surface area (Å²) < 4.78 is 16.4. The fraction of sp³-hybridized carbons (Fsp3) is 0.250. The van der Waals surface area contributed by atoms with Crippen LogP contribution in [0.15, 0.2) is 35.1 Å². The number of benzene rings is 1. The van der Waals surface area contributed by atoms with Crippen LogP contribution in [0.2, 0.25) is 0 Å². The Morgan fingerprint density at radius 3 is 3.00 bits per heavy atom. The molecule has 1 heterocycles. The third kappa shape index (κ3) is 2.40. The number of aromatic nitrogens is 2. The molecule has 0 aliphatic carbocycles. The van der Waals surface area contributed by atoms with Gasteiger partial charge in [-0.3, -0.25) is 0 Å². The minimum absolute atomic E-state index is 0.314. The van der Waals surface area contributed by atoms with Crippen LogP contribution in [-0.2, 0) is 6.54 Å². The Hall–Kier alpha value is -1.20. The topological polar surface area (TPSA) is 43.8 Å². The van der Waals surface area contributed by atoms with Crippen molar-refractivity contribution in [2.75, 3.05) is 0 Å². The van der Waals surface area contributed by atoms with E-state index in [4.69, 9.17) is 5.73 Å². The van der Waals surface area contributed by atoms with Crippen molar-refractivity contribution in [2.24, 2.45) is 5.73 Å². The molecule has 0 radical (unpaired) electrons. The number of rotatable bonds is 3.